The van der Waals surface area contributed by atoms with Gasteiger partial charge in [-0.2, -0.15) is 0 Å². The van der Waals surface area contributed by atoms with Gasteiger partial charge in [-0.05, 0) is 36.4 Å². The second-order valence-corrected chi connectivity index (χ2v) is 8.96. The van der Waals surface area contributed by atoms with Gasteiger partial charge in [0.25, 0.3) is 11.6 Å². The van der Waals surface area contributed by atoms with Crippen molar-refractivity contribution in [2.24, 2.45) is 0 Å². The third kappa shape index (κ3) is 4.90. The Labute approximate surface area is 175 Å². The monoisotopic (exact) mass is 449 g/mol. The maximum Gasteiger partial charge on any atom is 0.269 e. The summed E-state index contributed by atoms with van der Waals surface area (Å²) in [6, 6.07) is 11.2. The second-order valence-electron chi connectivity index (χ2n) is 5.75. The molecular formula is C18H15N3O7S2. The summed E-state index contributed by atoms with van der Waals surface area (Å²) >= 11 is 0.763. The first kappa shape index (κ1) is 21.2. The molecule has 1 heterocycles. The minimum Gasteiger partial charge on any atom is -0.497 e. The topological polar surface area (TPSA) is 138 Å². The van der Waals surface area contributed by atoms with Crippen molar-refractivity contribution in [3.05, 3.63) is 64.8 Å². The lowest BCUT2D eigenvalue weighted by molar-refractivity contribution is -0.384. The zero-order valence-electron chi connectivity index (χ0n) is 15.5. The normalized spacial score (nSPS) is 11.0. The van der Waals surface area contributed by atoms with E-state index < -0.39 is 20.7 Å². The standard InChI is InChI=1S/C18H15N3O7S2/c1-27-13-4-6-14(7-5-13)28-11-16(22)20-18-19-10-17(29-18)30(25,26)15-8-2-12(3-9-15)21(23)24/h2-10H,11H2,1H3,(H,19,20,22). The molecule has 0 bridgehead atoms. The number of nitrogens with zero attached hydrogens (tertiary/aromatic N) is 2. The number of nitrogens with one attached hydrogen (secondary N) is 1. The lowest BCUT2D eigenvalue weighted by Gasteiger charge is -2.06. The molecule has 1 amide bonds. The molecule has 156 valence electrons. The first-order valence-corrected chi connectivity index (χ1v) is 10.6. The van der Waals surface area contributed by atoms with Crippen molar-refractivity contribution in [1.29, 1.82) is 0 Å². The smallest absolute Gasteiger partial charge is 0.269 e. The highest BCUT2D eigenvalue weighted by Gasteiger charge is 2.22. The van der Waals surface area contributed by atoms with Crippen LogP contribution in [0.4, 0.5) is 10.8 Å². The number of nitro benzene ring substituents is 1. The second kappa shape index (κ2) is 8.88. The summed E-state index contributed by atoms with van der Waals surface area (Å²) < 4.78 is 35.5. The van der Waals surface area contributed by atoms with Crippen molar-refractivity contribution in [1.82, 2.24) is 4.98 Å². The fourth-order valence-corrected chi connectivity index (χ4v) is 4.73. The van der Waals surface area contributed by atoms with Crippen LogP contribution in [0.1, 0.15) is 0 Å². The molecule has 0 radical (unpaired) electrons. The molecule has 0 atom stereocenters. The van der Waals surface area contributed by atoms with E-state index in [4.69, 9.17) is 9.47 Å². The summed E-state index contributed by atoms with van der Waals surface area (Å²) in [6.07, 6.45) is 1.11. The molecule has 1 N–H and O–H groups in total. The van der Waals surface area contributed by atoms with Crippen molar-refractivity contribution < 1.29 is 27.6 Å². The van der Waals surface area contributed by atoms with Crippen LogP contribution in [-0.4, -0.2) is 37.9 Å². The van der Waals surface area contributed by atoms with Crippen LogP contribution in [0.15, 0.2) is 63.8 Å². The molecule has 0 aliphatic carbocycles. The number of rotatable bonds is 8. The molecule has 0 saturated carbocycles. The maximum absolute atomic E-state index is 12.6. The molecule has 0 aliphatic rings. The fourth-order valence-electron chi connectivity index (χ4n) is 2.28. The summed E-state index contributed by atoms with van der Waals surface area (Å²) in [5, 5.41) is 13.3. The Hall–Kier alpha value is -3.51. The highest BCUT2D eigenvalue weighted by atomic mass is 32.2. The Morgan fingerprint density at radius 2 is 1.77 bits per heavy atom. The number of ether oxygens (including phenoxy) is 2. The Morgan fingerprint density at radius 1 is 1.13 bits per heavy atom. The Morgan fingerprint density at radius 3 is 2.37 bits per heavy atom. The molecule has 0 unspecified atom stereocenters. The van der Waals surface area contributed by atoms with Gasteiger partial charge in [-0.25, -0.2) is 13.4 Å². The van der Waals surface area contributed by atoms with E-state index in [0.29, 0.717) is 11.5 Å². The van der Waals surface area contributed by atoms with Crippen molar-refractivity contribution in [2.45, 2.75) is 9.10 Å². The van der Waals surface area contributed by atoms with Crippen LogP contribution < -0.4 is 14.8 Å². The fraction of sp³-hybridized carbons (Fsp3) is 0.111. The first-order chi connectivity index (χ1) is 14.3. The molecule has 0 saturated heterocycles. The predicted molar refractivity (Wildman–Crippen MR) is 108 cm³/mol. The van der Waals surface area contributed by atoms with Crippen LogP contribution in [0.3, 0.4) is 0 Å². The maximum atomic E-state index is 12.6. The number of methoxy groups -OCH3 is 1. The summed E-state index contributed by atoms with van der Waals surface area (Å²) in [5.74, 6) is 0.599. The van der Waals surface area contributed by atoms with Gasteiger partial charge in [0.2, 0.25) is 9.84 Å². The van der Waals surface area contributed by atoms with Gasteiger partial charge in [-0.15, -0.1) is 0 Å². The predicted octanol–water partition coefficient (Wildman–Crippen LogP) is 2.91. The van der Waals surface area contributed by atoms with E-state index in [-0.39, 0.29) is 26.5 Å². The van der Waals surface area contributed by atoms with Gasteiger partial charge in [-0.3, -0.25) is 20.2 Å². The number of nitro groups is 1. The van der Waals surface area contributed by atoms with Crippen molar-refractivity contribution in [2.75, 3.05) is 19.0 Å². The summed E-state index contributed by atoms with van der Waals surface area (Å²) in [4.78, 5) is 25.9. The van der Waals surface area contributed by atoms with Gasteiger partial charge in [0, 0.05) is 12.1 Å². The van der Waals surface area contributed by atoms with Crippen LogP contribution in [-0.2, 0) is 14.6 Å². The first-order valence-electron chi connectivity index (χ1n) is 8.31. The molecule has 0 spiro atoms. The van der Waals surface area contributed by atoms with Crippen LogP contribution >= 0.6 is 11.3 Å². The lowest BCUT2D eigenvalue weighted by Crippen LogP contribution is -2.19. The van der Waals surface area contributed by atoms with Gasteiger partial charge in [0.1, 0.15) is 15.7 Å². The number of hydrogen-bond donors (Lipinski definition) is 1. The number of benzene rings is 2. The molecule has 10 nitrogen and oxygen atoms in total. The zero-order chi connectivity index (χ0) is 21.7. The number of non-ortho nitro benzene ring substituents is 1. The summed E-state index contributed by atoms with van der Waals surface area (Å²) in [6.45, 7) is -0.295. The SMILES string of the molecule is COc1ccc(OCC(=O)Nc2ncc(S(=O)(=O)c3ccc([N+](=O)[O-])cc3)s2)cc1. The van der Waals surface area contributed by atoms with Crippen molar-refractivity contribution in [3.63, 3.8) is 0 Å². The van der Waals surface area contributed by atoms with Gasteiger partial charge in [0.15, 0.2) is 11.7 Å². The molecule has 3 rings (SSSR count). The Kier molecular flexibility index (Phi) is 6.28. The Bertz CT molecular complexity index is 1160. The van der Waals surface area contributed by atoms with E-state index in [1.165, 1.54) is 7.11 Å². The molecule has 1 aromatic heterocycles. The molecule has 2 aromatic carbocycles. The van der Waals surface area contributed by atoms with Crippen LogP contribution in [0, 0.1) is 10.1 Å². The van der Waals surface area contributed by atoms with E-state index in [1.54, 1.807) is 24.3 Å². The zero-order valence-corrected chi connectivity index (χ0v) is 17.1. The number of thiazole rings is 1. The Balaban J connectivity index is 1.63. The van der Waals surface area contributed by atoms with Gasteiger partial charge >= 0.3 is 0 Å². The number of hydrogen-bond acceptors (Lipinski definition) is 9. The molecular weight excluding hydrogens is 434 g/mol. The number of aromatic nitrogens is 1. The van der Waals surface area contributed by atoms with Gasteiger partial charge in [0.05, 0.1) is 23.1 Å². The van der Waals surface area contributed by atoms with Gasteiger partial charge < -0.3 is 9.47 Å². The number of carbonyl (C=O) groups excluding carboxylic acids is 1. The van der Waals surface area contributed by atoms with E-state index >= 15 is 0 Å². The number of carbonyl (C=O) groups is 1. The van der Waals surface area contributed by atoms with E-state index in [1.807, 2.05) is 0 Å². The quantitative estimate of drug-likeness (QED) is 0.409. The summed E-state index contributed by atoms with van der Waals surface area (Å²) in [5.41, 5.74) is -0.219. The molecule has 12 heteroatoms. The van der Waals surface area contributed by atoms with Crippen LogP contribution in [0.25, 0.3) is 0 Å². The lowest BCUT2D eigenvalue weighted by atomic mass is 10.3. The average molecular weight is 449 g/mol. The number of sulfone groups is 1. The largest absolute Gasteiger partial charge is 0.497 e. The van der Waals surface area contributed by atoms with Crippen molar-refractivity contribution in [3.8, 4) is 11.5 Å². The number of amides is 1. The average Bonchev–Trinajstić information content (AvgIpc) is 3.22. The molecule has 3 aromatic rings. The van der Waals surface area contributed by atoms with Crippen LogP contribution in [0.2, 0.25) is 0 Å². The molecule has 0 fully saturated rings. The van der Waals surface area contributed by atoms with E-state index in [2.05, 4.69) is 10.3 Å². The third-order valence-corrected chi connectivity index (χ3v) is 6.93. The van der Waals surface area contributed by atoms with Gasteiger partial charge in [-0.1, -0.05) is 11.3 Å². The summed E-state index contributed by atoms with van der Waals surface area (Å²) in [7, 11) is -2.38. The van der Waals surface area contributed by atoms with E-state index in [0.717, 1.165) is 41.8 Å². The minimum atomic E-state index is -3.92. The van der Waals surface area contributed by atoms with E-state index in [9.17, 15) is 23.3 Å². The molecule has 0 aliphatic heterocycles. The van der Waals surface area contributed by atoms with Crippen LogP contribution in [0.5, 0.6) is 11.5 Å². The van der Waals surface area contributed by atoms with Crippen molar-refractivity contribution >= 4 is 37.9 Å². The number of anilines is 1. The molecule has 30 heavy (non-hydrogen) atoms. The highest BCUT2D eigenvalue weighted by molar-refractivity contribution is 7.93. The third-order valence-electron chi connectivity index (χ3n) is 3.78. The highest BCUT2D eigenvalue weighted by Crippen LogP contribution is 2.29. The minimum absolute atomic E-state index is 0.0822.